The van der Waals surface area contributed by atoms with Gasteiger partial charge in [0.2, 0.25) is 23.6 Å². The topological polar surface area (TPSA) is 151 Å². The highest BCUT2D eigenvalue weighted by atomic mass is 16.2. The van der Waals surface area contributed by atoms with Crippen molar-refractivity contribution in [3.05, 3.63) is 0 Å². The van der Waals surface area contributed by atoms with Gasteiger partial charge in [-0.2, -0.15) is 0 Å². The molecular formula is C17H29N5O5. The summed E-state index contributed by atoms with van der Waals surface area (Å²) in [5.41, 5.74) is 5.61. The van der Waals surface area contributed by atoms with E-state index in [2.05, 4.69) is 16.0 Å². The van der Waals surface area contributed by atoms with Crippen molar-refractivity contribution in [2.24, 2.45) is 5.73 Å². The number of nitrogens with two attached hydrogens (primary N) is 1. The Bertz CT molecular complexity index is 594. The van der Waals surface area contributed by atoms with Gasteiger partial charge in [-0.25, -0.2) is 0 Å². The minimum atomic E-state index is -0.899. The molecule has 0 spiro atoms. The molecule has 10 nitrogen and oxygen atoms in total. The molecule has 1 aliphatic heterocycles. The Labute approximate surface area is 158 Å². The minimum absolute atomic E-state index is 0.306. The average Bonchev–Trinajstić information content (AvgIpc) is 3.09. The van der Waals surface area contributed by atoms with Gasteiger partial charge in [0, 0.05) is 6.54 Å². The lowest BCUT2D eigenvalue weighted by molar-refractivity contribution is -0.140. The molecule has 1 saturated heterocycles. The highest BCUT2D eigenvalue weighted by molar-refractivity contribution is 5.95. The molecule has 0 saturated carbocycles. The van der Waals surface area contributed by atoms with Crippen molar-refractivity contribution >= 4 is 29.9 Å². The summed E-state index contributed by atoms with van der Waals surface area (Å²) in [6.45, 7) is 6.48. The first-order valence-electron chi connectivity index (χ1n) is 9.01. The Hall–Kier alpha value is -2.49. The summed E-state index contributed by atoms with van der Waals surface area (Å²) in [5.74, 6) is -1.80. The van der Waals surface area contributed by atoms with Gasteiger partial charge in [-0.1, -0.05) is 0 Å². The van der Waals surface area contributed by atoms with Crippen molar-refractivity contribution in [1.29, 1.82) is 0 Å². The maximum absolute atomic E-state index is 12.5. The van der Waals surface area contributed by atoms with Gasteiger partial charge in [-0.05, 0) is 40.5 Å². The summed E-state index contributed by atoms with van der Waals surface area (Å²) >= 11 is 0. The van der Waals surface area contributed by atoms with Gasteiger partial charge in [-0.15, -0.1) is 0 Å². The average molecular weight is 383 g/mol. The van der Waals surface area contributed by atoms with Gasteiger partial charge in [0.05, 0.1) is 12.1 Å². The first kappa shape index (κ1) is 22.6. The van der Waals surface area contributed by atoms with E-state index in [4.69, 9.17) is 5.73 Å². The van der Waals surface area contributed by atoms with Crippen LogP contribution in [0, 0.1) is 0 Å². The predicted molar refractivity (Wildman–Crippen MR) is 97.3 cm³/mol. The second-order valence-corrected chi connectivity index (χ2v) is 6.87. The molecule has 1 fully saturated rings. The van der Waals surface area contributed by atoms with Crippen molar-refractivity contribution < 1.29 is 24.0 Å². The van der Waals surface area contributed by atoms with E-state index in [1.54, 1.807) is 6.92 Å². The van der Waals surface area contributed by atoms with E-state index < -0.39 is 47.9 Å². The van der Waals surface area contributed by atoms with E-state index >= 15 is 0 Å². The summed E-state index contributed by atoms with van der Waals surface area (Å²) in [6.07, 6.45) is 1.76. The molecule has 5 N–H and O–H groups in total. The second-order valence-electron chi connectivity index (χ2n) is 6.87. The predicted octanol–water partition coefficient (Wildman–Crippen LogP) is -1.96. The summed E-state index contributed by atoms with van der Waals surface area (Å²) in [4.78, 5) is 60.6. The number of likely N-dealkylation sites (tertiary alicyclic amines) is 1. The second kappa shape index (κ2) is 10.0. The van der Waals surface area contributed by atoms with E-state index in [0.717, 1.165) is 0 Å². The molecule has 0 aliphatic carbocycles. The first-order valence-corrected chi connectivity index (χ1v) is 9.01. The zero-order valence-corrected chi connectivity index (χ0v) is 16.2. The third-order valence-corrected chi connectivity index (χ3v) is 4.31. The number of nitrogens with one attached hydrogen (secondary N) is 3. The van der Waals surface area contributed by atoms with E-state index in [1.807, 2.05) is 0 Å². The minimum Gasteiger partial charge on any atom is -0.345 e. The Morgan fingerprint density at radius 1 is 1.00 bits per heavy atom. The standard InChI is InChI=1S/C17H29N5O5/c1-9(8-23)19-14(24)11(3)20-15(25)12(4)21-16(26)13-6-5-7-22(13)17(27)10(2)18/h8-13H,5-7,18H2,1-4H3,(H,19,24)(H,20,25)(H,21,26)/t9-,10-,11-,12-,13-/m0/s1. The smallest absolute Gasteiger partial charge is 0.243 e. The van der Waals surface area contributed by atoms with Gasteiger partial charge in [-0.3, -0.25) is 19.2 Å². The van der Waals surface area contributed by atoms with Gasteiger partial charge in [0.25, 0.3) is 0 Å². The fraction of sp³-hybridized carbons (Fsp3) is 0.706. The molecule has 1 aliphatic rings. The van der Waals surface area contributed by atoms with Crippen LogP contribution in [0.15, 0.2) is 0 Å². The fourth-order valence-corrected chi connectivity index (χ4v) is 2.73. The number of rotatable bonds is 8. The molecule has 27 heavy (non-hydrogen) atoms. The molecule has 10 heteroatoms. The molecule has 0 bridgehead atoms. The lowest BCUT2D eigenvalue weighted by atomic mass is 10.1. The van der Waals surface area contributed by atoms with Crippen LogP contribution >= 0.6 is 0 Å². The monoisotopic (exact) mass is 383 g/mol. The lowest BCUT2D eigenvalue weighted by Crippen LogP contribution is -2.56. The van der Waals surface area contributed by atoms with E-state index in [1.165, 1.54) is 25.7 Å². The van der Waals surface area contributed by atoms with Gasteiger partial charge < -0.3 is 31.4 Å². The van der Waals surface area contributed by atoms with Crippen LogP contribution in [-0.4, -0.2) is 71.6 Å². The van der Waals surface area contributed by atoms with E-state index in [-0.39, 0.29) is 5.91 Å². The molecule has 0 aromatic heterocycles. The molecule has 1 rings (SSSR count). The molecule has 0 unspecified atom stereocenters. The number of carbonyl (C=O) groups excluding carboxylic acids is 5. The third-order valence-electron chi connectivity index (χ3n) is 4.31. The quantitative estimate of drug-likeness (QED) is 0.357. The largest absolute Gasteiger partial charge is 0.345 e. The van der Waals surface area contributed by atoms with Crippen LogP contribution < -0.4 is 21.7 Å². The number of hydrogen-bond donors (Lipinski definition) is 4. The fourth-order valence-electron chi connectivity index (χ4n) is 2.73. The maximum Gasteiger partial charge on any atom is 0.243 e. The van der Waals surface area contributed by atoms with E-state index in [9.17, 15) is 24.0 Å². The summed E-state index contributed by atoms with van der Waals surface area (Å²) in [5, 5.41) is 7.47. The van der Waals surface area contributed by atoms with Gasteiger partial charge in [0.1, 0.15) is 24.4 Å². The molecule has 0 aromatic rings. The van der Waals surface area contributed by atoms with Crippen LogP contribution in [0.4, 0.5) is 0 Å². The molecule has 0 radical (unpaired) electrons. The number of aldehydes is 1. The first-order chi connectivity index (χ1) is 12.6. The van der Waals surface area contributed by atoms with Crippen LogP contribution in [0.5, 0.6) is 0 Å². The summed E-state index contributed by atoms with van der Waals surface area (Å²) < 4.78 is 0. The zero-order chi connectivity index (χ0) is 20.7. The molecule has 1 heterocycles. The number of nitrogens with zero attached hydrogens (tertiary/aromatic N) is 1. The normalized spacial score (nSPS) is 20.8. The Morgan fingerprint density at radius 3 is 2.11 bits per heavy atom. The highest BCUT2D eigenvalue weighted by Crippen LogP contribution is 2.18. The Kier molecular flexibility index (Phi) is 8.35. The van der Waals surface area contributed by atoms with Crippen molar-refractivity contribution in [3.8, 4) is 0 Å². The maximum atomic E-state index is 12.5. The van der Waals surface area contributed by atoms with Crippen LogP contribution in [-0.2, 0) is 24.0 Å². The highest BCUT2D eigenvalue weighted by Gasteiger charge is 2.36. The third kappa shape index (κ3) is 6.31. The molecule has 152 valence electrons. The molecular weight excluding hydrogens is 354 g/mol. The Balaban J connectivity index is 2.59. The van der Waals surface area contributed by atoms with E-state index in [0.29, 0.717) is 25.7 Å². The SMILES string of the molecule is C[C@H](N)C(=O)N1CCC[C@H]1C(=O)N[C@@H](C)C(=O)N[C@@H](C)C(=O)N[C@@H](C)C=O. The van der Waals surface area contributed by atoms with Crippen molar-refractivity contribution in [3.63, 3.8) is 0 Å². The zero-order valence-electron chi connectivity index (χ0n) is 16.2. The molecule has 5 atom stereocenters. The number of carbonyl (C=O) groups is 5. The summed E-state index contributed by atoms with van der Waals surface area (Å²) in [7, 11) is 0. The van der Waals surface area contributed by atoms with Crippen LogP contribution in [0.1, 0.15) is 40.5 Å². The number of amides is 4. The van der Waals surface area contributed by atoms with Crippen molar-refractivity contribution in [2.75, 3.05) is 6.54 Å². The Morgan fingerprint density at radius 2 is 1.56 bits per heavy atom. The van der Waals surface area contributed by atoms with Gasteiger partial charge >= 0.3 is 0 Å². The molecule has 0 aromatic carbocycles. The van der Waals surface area contributed by atoms with Crippen LogP contribution in [0.3, 0.4) is 0 Å². The number of hydrogen-bond acceptors (Lipinski definition) is 6. The summed E-state index contributed by atoms with van der Waals surface area (Å²) in [6, 6.07) is -3.80. The van der Waals surface area contributed by atoms with Crippen molar-refractivity contribution in [1.82, 2.24) is 20.9 Å². The van der Waals surface area contributed by atoms with Crippen molar-refractivity contribution in [2.45, 2.75) is 70.7 Å². The van der Waals surface area contributed by atoms with Crippen LogP contribution in [0.25, 0.3) is 0 Å². The lowest BCUT2D eigenvalue weighted by Gasteiger charge is -2.27. The van der Waals surface area contributed by atoms with Gasteiger partial charge in [0.15, 0.2) is 0 Å². The van der Waals surface area contributed by atoms with Crippen LogP contribution in [0.2, 0.25) is 0 Å². The molecule has 4 amide bonds.